The SMILES string of the molecule is CC(C)(C)c1ccc(C#CC(=O)Nc2cnc3cccc(F)c3c2)cc1. The van der Waals surface area contributed by atoms with Crippen molar-refractivity contribution in [2.24, 2.45) is 0 Å². The van der Waals surface area contributed by atoms with Gasteiger partial charge in [-0.25, -0.2) is 4.39 Å². The fourth-order valence-corrected chi connectivity index (χ4v) is 2.53. The number of nitrogens with one attached hydrogen (secondary N) is 1. The molecule has 0 aliphatic rings. The van der Waals surface area contributed by atoms with Crippen LogP contribution in [0.25, 0.3) is 10.9 Å². The summed E-state index contributed by atoms with van der Waals surface area (Å²) in [6, 6.07) is 14.0. The van der Waals surface area contributed by atoms with E-state index in [-0.39, 0.29) is 11.2 Å². The minimum absolute atomic E-state index is 0.0711. The minimum atomic E-state index is -0.470. The molecule has 0 spiro atoms. The monoisotopic (exact) mass is 346 g/mol. The lowest BCUT2D eigenvalue weighted by Crippen LogP contribution is -2.10. The standard InChI is InChI=1S/C22H19FN2O/c1-22(2,3)16-10-7-15(8-11-16)9-12-21(26)25-17-13-18-19(23)5-4-6-20(18)24-14-17/h4-8,10-11,13-14H,1-3H3,(H,25,26). The predicted octanol–water partition coefficient (Wildman–Crippen LogP) is 4.66. The van der Waals surface area contributed by atoms with Crippen LogP contribution in [0.15, 0.2) is 54.7 Å². The number of benzene rings is 2. The van der Waals surface area contributed by atoms with Gasteiger partial charge < -0.3 is 5.32 Å². The molecule has 1 amide bonds. The van der Waals surface area contributed by atoms with Gasteiger partial charge in [-0.05, 0) is 41.3 Å². The molecule has 26 heavy (non-hydrogen) atoms. The normalized spacial score (nSPS) is 10.9. The number of amides is 1. The van der Waals surface area contributed by atoms with E-state index in [0.717, 1.165) is 5.56 Å². The maximum Gasteiger partial charge on any atom is 0.300 e. The maximum absolute atomic E-state index is 13.8. The number of hydrogen-bond acceptors (Lipinski definition) is 2. The van der Waals surface area contributed by atoms with Gasteiger partial charge in [0.15, 0.2) is 0 Å². The first kappa shape index (κ1) is 17.6. The molecule has 2 aromatic carbocycles. The molecule has 0 atom stereocenters. The van der Waals surface area contributed by atoms with E-state index < -0.39 is 5.91 Å². The van der Waals surface area contributed by atoms with Gasteiger partial charge in [0.2, 0.25) is 0 Å². The third-order valence-corrected chi connectivity index (χ3v) is 4.00. The van der Waals surface area contributed by atoms with E-state index in [4.69, 9.17) is 0 Å². The summed E-state index contributed by atoms with van der Waals surface area (Å²) in [5.41, 5.74) is 2.98. The first-order valence-corrected chi connectivity index (χ1v) is 8.31. The van der Waals surface area contributed by atoms with E-state index in [9.17, 15) is 9.18 Å². The average molecular weight is 346 g/mol. The number of nitrogens with zero attached hydrogens (tertiary/aromatic N) is 1. The molecule has 1 aromatic heterocycles. The van der Waals surface area contributed by atoms with Crippen molar-refractivity contribution in [1.29, 1.82) is 0 Å². The van der Waals surface area contributed by atoms with E-state index in [2.05, 4.69) is 42.9 Å². The van der Waals surface area contributed by atoms with Crippen LogP contribution < -0.4 is 5.32 Å². The second kappa shape index (κ2) is 6.97. The van der Waals surface area contributed by atoms with Crippen molar-refractivity contribution in [2.75, 3.05) is 5.32 Å². The summed E-state index contributed by atoms with van der Waals surface area (Å²) in [5.74, 6) is 4.53. The molecule has 1 N–H and O–H groups in total. The van der Waals surface area contributed by atoms with E-state index in [1.807, 2.05) is 24.3 Å². The number of pyridine rings is 1. The molecule has 3 aromatic rings. The van der Waals surface area contributed by atoms with Gasteiger partial charge in [0.25, 0.3) is 0 Å². The zero-order valence-corrected chi connectivity index (χ0v) is 14.9. The number of aromatic nitrogens is 1. The van der Waals surface area contributed by atoms with Gasteiger partial charge in [0.1, 0.15) is 5.82 Å². The summed E-state index contributed by atoms with van der Waals surface area (Å²) in [6.07, 6.45) is 1.49. The molecular weight excluding hydrogens is 327 g/mol. The second-order valence-electron chi connectivity index (χ2n) is 7.06. The van der Waals surface area contributed by atoms with Gasteiger partial charge in [-0.15, -0.1) is 0 Å². The molecule has 0 saturated carbocycles. The third kappa shape index (κ3) is 4.07. The van der Waals surface area contributed by atoms with Crippen molar-refractivity contribution in [3.05, 3.63) is 71.7 Å². The van der Waals surface area contributed by atoms with Gasteiger partial charge in [0.05, 0.1) is 17.4 Å². The minimum Gasteiger partial charge on any atom is -0.314 e. The van der Waals surface area contributed by atoms with Crippen LogP contribution in [0.4, 0.5) is 10.1 Å². The van der Waals surface area contributed by atoms with E-state index in [1.165, 1.54) is 17.8 Å². The zero-order valence-electron chi connectivity index (χ0n) is 14.9. The van der Waals surface area contributed by atoms with Gasteiger partial charge in [-0.2, -0.15) is 0 Å². The Balaban J connectivity index is 1.74. The summed E-state index contributed by atoms with van der Waals surface area (Å²) in [6.45, 7) is 6.42. The number of rotatable bonds is 1. The van der Waals surface area contributed by atoms with Crippen molar-refractivity contribution in [3.8, 4) is 11.8 Å². The smallest absolute Gasteiger partial charge is 0.300 e. The highest BCUT2D eigenvalue weighted by atomic mass is 19.1. The summed E-state index contributed by atoms with van der Waals surface area (Å²) < 4.78 is 13.8. The van der Waals surface area contributed by atoms with Gasteiger partial charge >= 0.3 is 5.91 Å². The Bertz CT molecular complexity index is 1020. The van der Waals surface area contributed by atoms with E-state index >= 15 is 0 Å². The molecule has 3 nitrogen and oxygen atoms in total. The van der Waals surface area contributed by atoms with Crippen LogP contribution in [-0.2, 0) is 10.2 Å². The summed E-state index contributed by atoms with van der Waals surface area (Å²) >= 11 is 0. The van der Waals surface area contributed by atoms with Crippen LogP contribution in [0, 0.1) is 17.7 Å². The molecule has 0 radical (unpaired) electrons. The zero-order chi connectivity index (χ0) is 18.7. The number of carbonyl (C=O) groups excluding carboxylic acids is 1. The Labute approximate surface area is 152 Å². The Morgan fingerprint density at radius 1 is 1.12 bits per heavy atom. The first-order valence-electron chi connectivity index (χ1n) is 8.31. The van der Waals surface area contributed by atoms with Crippen LogP contribution in [0.1, 0.15) is 31.9 Å². The number of carbonyl (C=O) groups is 1. The van der Waals surface area contributed by atoms with Gasteiger partial charge in [-0.1, -0.05) is 44.9 Å². The summed E-state index contributed by atoms with van der Waals surface area (Å²) in [5, 5.41) is 2.98. The molecule has 4 heteroatoms. The van der Waals surface area contributed by atoms with Gasteiger partial charge in [0, 0.05) is 16.9 Å². The van der Waals surface area contributed by atoms with Crippen molar-refractivity contribution >= 4 is 22.5 Å². The fraction of sp³-hybridized carbons (Fsp3) is 0.182. The topological polar surface area (TPSA) is 42.0 Å². The van der Waals surface area contributed by atoms with Gasteiger partial charge in [-0.3, -0.25) is 9.78 Å². The molecule has 3 rings (SSSR count). The van der Waals surface area contributed by atoms with E-state index in [1.54, 1.807) is 18.2 Å². The maximum atomic E-state index is 13.8. The number of fused-ring (bicyclic) bond motifs is 1. The molecule has 0 unspecified atom stereocenters. The van der Waals surface area contributed by atoms with Crippen LogP contribution in [0.2, 0.25) is 0 Å². The highest BCUT2D eigenvalue weighted by Gasteiger charge is 2.12. The fourth-order valence-electron chi connectivity index (χ4n) is 2.53. The Kier molecular flexibility index (Phi) is 4.73. The lowest BCUT2D eigenvalue weighted by molar-refractivity contribution is -0.111. The first-order chi connectivity index (χ1) is 12.3. The Morgan fingerprint density at radius 3 is 2.54 bits per heavy atom. The Hall–Kier alpha value is -3.19. The van der Waals surface area contributed by atoms with Crippen molar-refractivity contribution < 1.29 is 9.18 Å². The van der Waals surface area contributed by atoms with Crippen molar-refractivity contribution in [1.82, 2.24) is 4.98 Å². The number of hydrogen-bond donors (Lipinski definition) is 1. The van der Waals surface area contributed by atoms with Crippen molar-refractivity contribution in [3.63, 3.8) is 0 Å². The lowest BCUT2D eigenvalue weighted by Gasteiger charge is -2.18. The highest BCUT2D eigenvalue weighted by molar-refractivity contribution is 6.05. The molecule has 0 bridgehead atoms. The van der Waals surface area contributed by atoms with Crippen LogP contribution in [0.5, 0.6) is 0 Å². The molecular formula is C22H19FN2O. The highest BCUT2D eigenvalue weighted by Crippen LogP contribution is 2.22. The van der Waals surface area contributed by atoms with Crippen molar-refractivity contribution in [2.45, 2.75) is 26.2 Å². The summed E-state index contributed by atoms with van der Waals surface area (Å²) in [7, 11) is 0. The third-order valence-electron chi connectivity index (χ3n) is 4.00. The molecule has 0 aliphatic heterocycles. The van der Waals surface area contributed by atoms with Crippen LogP contribution in [0.3, 0.4) is 0 Å². The largest absolute Gasteiger partial charge is 0.314 e. The molecule has 130 valence electrons. The molecule has 0 aliphatic carbocycles. The lowest BCUT2D eigenvalue weighted by atomic mass is 9.87. The second-order valence-corrected chi connectivity index (χ2v) is 7.06. The molecule has 0 fully saturated rings. The predicted molar refractivity (Wildman–Crippen MR) is 102 cm³/mol. The molecule has 1 heterocycles. The van der Waals surface area contributed by atoms with Crippen LogP contribution >= 0.6 is 0 Å². The molecule has 0 saturated heterocycles. The van der Waals surface area contributed by atoms with Crippen LogP contribution in [-0.4, -0.2) is 10.9 Å². The number of halogens is 1. The summed E-state index contributed by atoms with van der Waals surface area (Å²) in [4.78, 5) is 16.2. The quantitative estimate of drug-likeness (QED) is 0.651. The van der Waals surface area contributed by atoms with E-state index in [0.29, 0.717) is 16.6 Å². The number of anilines is 1. The Morgan fingerprint density at radius 2 is 1.85 bits per heavy atom. The average Bonchev–Trinajstić information content (AvgIpc) is 2.60.